The van der Waals surface area contributed by atoms with E-state index < -0.39 is 17.6 Å². The fourth-order valence-corrected chi connectivity index (χ4v) is 2.75. The van der Waals surface area contributed by atoms with Gasteiger partial charge in [-0.2, -0.15) is 0 Å². The smallest absolute Gasteiger partial charge is 0.255 e. The summed E-state index contributed by atoms with van der Waals surface area (Å²) in [4.78, 5) is 36.6. The quantitative estimate of drug-likeness (QED) is 0.539. The normalized spacial score (nSPS) is 10.3. The monoisotopic (exact) mass is 421 g/mol. The Balaban J connectivity index is 1.67. The van der Waals surface area contributed by atoms with Gasteiger partial charge < -0.3 is 20.7 Å². The molecule has 3 rings (SSSR count). The number of amides is 3. The lowest BCUT2D eigenvalue weighted by Crippen LogP contribution is -2.17. The minimum Gasteiger partial charge on any atom is -0.375 e. The standard InChI is InChI=1S/C23H20FN3O4/c1-31-14-21(28)25-19-6-3-7-20(13-19)27-23(30)16-4-2-5-18(12-16)26-22(29)15-8-10-17(24)11-9-15/h2-13H,14H2,1H3,(H,25,28)(H,26,29)(H,27,30). The van der Waals surface area contributed by atoms with Crippen LogP contribution in [0.2, 0.25) is 0 Å². The third-order valence-corrected chi connectivity index (χ3v) is 4.17. The number of anilines is 3. The molecule has 7 nitrogen and oxygen atoms in total. The molecule has 0 atom stereocenters. The van der Waals surface area contributed by atoms with Crippen LogP contribution in [0.5, 0.6) is 0 Å². The maximum absolute atomic E-state index is 13.0. The van der Waals surface area contributed by atoms with Crippen LogP contribution in [-0.4, -0.2) is 31.4 Å². The molecule has 0 heterocycles. The minimum atomic E-state index is -0.433. The average Bonchev–Trinajstić information content (AvgIpc) is 2.75. The maximum atomic E-state index is 13.0. The van der Waals surface area contributed by atoms with Crippen molar-refractivity contribution in [2.24, 2.45) is 0 Å². The van der Waals surface area contributed by atoms with Crippen LogP contribution in [0.3, 0.4) is 0 Å². The Hall–Kier alpha value is -4.04. The highest BCUT2D eigenvalue weighted by molar-refractivity contribution is 6.07. The molecular weight excluding hydrogens is 401 g/mol. The lowest BCUT2D eigenvalue weighted by molar-refractivity contribution is -0.119. The molecule has 0 saturated carbocycles. The van der Waals surface area contributed by atoms with Gasteiger partial charge in [0.1, 0.15) is 12.4 Å². The molecule has 0 bridgehead atoms. The molecule has 3 aromatic carbocycles. The van der Waals surface area contributed by atoms with E-state index in [2.05, 4.69) is 16.0 Å². The fraction of sp³-hybridized carbons (Fsp3) is 0.0870. The molecule has 158 valence electrons. The third kappa shape index (κ3) is 6.22. The topological polar surface area (TPSA) is 96.5 Å². The van der Waals surface area contributed by atoms with Crippen molar-refractivity contribution in [1.82, 2.24) is 0 Å². The Morgan fingerprint density at radius 2 is 1.29 bits per heavy atom. The maximum Gasteiger partial charge on any atom is 0.255 e. The summed E-state index contributed by atoms with van der Waals surface area (Å²) in [5.74, 6) is -1.55. The summed E-state index contributed by atoms with van der Waals surface area (Å²) in [6, 6.07) is 18.2. The van der Waals surface area contributed by atoms with Crippen LogP contribution in [0.1, 0.15) is 20.7 Å². The van der Waals surface area contributed by atoms with Gasteiger partial charge in [-0.3, -0.25) is 14.4 Å². The van der Waals surface area contributed by atoms with E-state index in [0.717, 1.165) is 0 Å². The number of nitrogens with one attached hydrogen (secondary N) is 3. The van der Waals surface area contributed by atoms with E-state index in [1.54, 1.807) is 42.5 Å². The molecule has 3 N–H and O–H groups in total. The number of ether oxygens (including phenoxy) is 1. The van der Waals surface area contributed by atoms with Gasteiger partial charge in [0.15, 0.2) is 0 Å². The van der Waals surface area contributed by atoms with E-state index >= 15 is 0 Å². The number of methoxy groups -OCH3 is 1. The SMILES string of the molecule is COCC(=O)Nc1cccc(NC(=O)c2cccc(NC(=O)c3ccc(F)cc3)c2)c1. The molecule has 0 aromatic heterocycles. The van der Waals surface area contributed by atoms with Gasteiger partial charge in [0.25, 0.3) is 11.8 Å². The summed E-state index contributed by atoms with van der Waals surface area (Å²) in [5.41, 5.74) is 2.04. The second-order valence-corrected chi connectivity index (χ2v) is 6.56. The molecule has 0 spiro atoms. The fourth-order valence-electron chi connectivity index (χ4n) is 2.75. The Kier molecular flexibility index (Phi) is 7.08. The van der Waals surface area contributed by atoms with E-state index in [9.17, 15) is 18.8 Å². The molecule has 3 amide bonds. The van der Waals surface area contributed by atoms with Crippen LogP contribution in [-0.2, 0) is 9.53 Å². The van der Waals surface area contributed by atoms with E-state index in [-0.39, 0.29) is 12.5 Å². The average molecular weight is 421 g/mol. The first-order valence-corrected chi connectivity index (χ1v) is 9.32. The van der Waals surface area contributed by atoms with Crippen molar-refractivity contribution in [2.45, 2.75) is 0 Å². The molecule has 0 unspecified atom stereocenters. The zero-order chi connectivity index (χ0) is 22.2. The largest absolute Gasteiger partial charge is 0.375 e. The van der Waals surface area contributed by atoms with Crippen molar-refractivity contribution in [2.75, 3.05) is 29.7 Å². The van der Waals surface area contributed by atoms with Crippen molar-refractivity contribution >= 4 is 34.8 Å². The highest BCUT2D eigenvalue weighted by atomic mass is 19.1. The molecule has 0 saturated heterocycles. The number of carbonyl (C=O) groups is 3. The van der Waals surface area contributed by atoms with Gasteiger partial charge >= 0.3 is 0 Å². The number of benzene rings is 3. The van der Waals surface area contributed by atoms with Gasteiger partial charge in [-0.05, 0) is 60.7 Å². The van der Waals surface area contributed by atoms with E-state index in [4.69, 9.17) is 4.74 Å². The molecule has 8 heteroatoms. The van der Waals surface area contributed by atoms with Gasteiger partial charge in [-0.15, -0.1) is 0 Å². The zero-order valence-electron chi connectivity index (χ0n) is 16.6. The van der Waals surface area contributed by atoms with Crippen molar-refractivity contribution in [3.63, 3.8) is 0 Å². The Morgan fingerprint density at radius 1 is 0.742 bits per heavy atom. The first kappa shape index (κ1) is 21.7. The number of hydrogen-bond donors (Lipinski definition) is 3. The first-order chi connectivity index (χ1) is 14.9. The number of halogens is 1. The molecule has 0 aliphatic heterocycles. The third-order valence-electron chi connectivity index (χ3n) is 4.17. The second kappa shape index (κ2) is 10.1. The molecule has 0 radical (unpaired) electrons. The van der Waals surface area contributed by atoms with Crippen LogP contribution in [0.25, 0.3) is 0 Å². The first-order valence-electron chi connectivity index (χ1n) is 9.32. The molecule has 3 aromatic rings. The summed E-state index contributed by atoms with van der Waals surface area (Å²) >= 11 is 0. The van der Waals surface area contributed by atoms with Crippen LogP contribution in [0.15, 0.2) is 72.8 Å². The van der Waals surface area contributed by atoms with Gasteiger partial charge in [0, 0.05) is 35.3 Å². The Morgan fingerprint density at radius 3 is 1.94 bits per heavy atom. The number of carbonyl (C=O) groups excluding carboxylic acids is 3. The Bertz CT molecular complexity index is 1100. The van der Waals surface area contributed by atoms with Gasteiger partial charge in [0.05, 0.1) is 0 Å². The number of rotatable bonds is 7. The minimum absolute atomic E-state index is 0.0764. The lowest BCUT2D eigenvalue weighted by atomic mass is 10.1. The van der Waals surface area contributed by atoms with E-state index in [1.807, 2.05) is 0 Å². The molecular formula is C23H20FN3O4. The summed E-state index contributed by atoms with van der Waals surface area (Å²) in [6.45, 7) is -0.0764. The molecule has 31 heavy (non-hydrogen) atoms. The summed E-state index contributed by atoms with van der Waals surface area (Å²) in [6.07, 6.45) is 0. The van der Waals surface area contributed by atoms with Crippen LogP contribution in [0, 0.1) is 5.82 Å². The van der Waals surface area contributed by atoms with Crippen LogP contribution >= 0.6 is 0 Å². The van der Waals surface area contributed by atoms with Crippen LogP contribution in [0.4, 0.5) is 21.5 Å². The van der Waals surface area contributed by atoms with E-state index in [1.165, 1.54) is 37.4 Å². The van der Waals surface area contributed by atoms with Gasteiger partial charge in [-0.1, -0.05) is 12.1 Å². The summed E-state index contributed by atoms with van der Waals surface area (Å²) < 4.78 is 17.8. The summed E-state index contributed by atoms with van der Waals surface area (Å²) in [7, 11) is 1.42. The predicted octanol–water partition coefficient (Wildman–Crippen LogP) is 3.92. The number of hydrogen-bond acceptors (Lipinski definition) is 4. The van der Waals surface area contributed by atoms with Gasteiger partial charge in [-0.25, -0.2) is 4.39 Å². The summed E-state index contributed by atoms with van der Waals surface area (Å²) in [5, 5.41) is 8.08. The van der Waals surface area contributed by atoms with Gasteiger partial charge in [0.2, 0.25) is 5.91 Å². The van der Waals surface area contributed by atoms with Crippen molar-refractivity contribution in [3.05, 3.63) is 89.7 Å². The highest BCUT2D eigenvalue weighted by Gasteiger charge is 2.11. The molecule has 0 aliphatic rings. The van der Waals surface area contributed by atoms with Crippen LogP contribution < -0.4 is 16.0 Å². The molecule has 0 aliphatic carbocycles. The van der Waals surface area contributed by atoms with Crippen molar-refractivity contribution in [1.29, 1.82) is 0 Å². The predicted molar refractivity (Wildman–Crippen MR) is 116 cm³/mol. The highest BCUT2D eigenvalue weighted by Crippen LogP contribution is 2.18. The molecule has 0 fully saturated rings. The zero-order valence-corrected chi connectivity index (χ0v) is 16.6. The lowest BCUT2D eigenvalue weighted by Gasteiger charge is -2.10. The van der Waals surface area contributed by atoms with Crippen molar-refractivity contribution < 1.29 is 23.5 Å². The Labute approximate surface area is 178 Å². The van der Waals surface area contributed by atoms with Crippen molar-refractivity contribution in [3.8, 4) is 0 Å². The van der Waals surface area contributed by atoms with E-state index in [0.29, 0.717) is 28.2 Å². The second-order valence-electron chi connectivity index (χ2n) is 6.56.